The predicted molar refractivity (Wildman–Crippen MR) is 65.3 cm³/mol. The lowest BCUT2D eigenvalue weighted by Gasteiger charge is -2.24. The van der Waals surface area contributed by atoms with Crippen LogP contribution in [0.3, 0.4) is 0 Å². The van der Waals surface area contributed by atoms with Crippen molar-refractivity contribution in [3.05, 3.63) is 6.33 Å². The first-order valence-corrected chi connectivity index (χ1v) is 5.91. The Morgan fingerprint density at radius 3 is 3.00 bits per heavy atom. The lowest BCUT2D eigenvalue weighted by Crippen LogP contribution is -2.43. The van der Waals surface area contributed by atoms with E-state index in [1.165, 1.54) is 6.33 Å². The molecular weight excluding hydrogens is 236 g/mol. The van der Waals surface area contributed by atoms with E-state index < -0.39 is 6.10 Å². The van der Waals surface area contributed by atoms with Gasteiger partial charge in [-0.2, -0.15) is 0 Å². The number of aromatic nitrogens is 2. The van der Waals surface area contributed by atoms with Crippen molar-refractivity contribution >= 4 is 17.3 Å². The van der Waals surface area contributed by atoms with Crippen LogP contribution in [0.1, 0.15) is 12.8 Å². The normalized spacial score (nSPS) is 30.3. The van der Waals surface area contributed by atoms with E-state index in [9.17, 15) is 10.2 Å². The van der Waals surface area contributed by atoms with Gasteiger partial charge in [0.2, 0.25) is 0 Å². The molecule has 3 rings (SSSR count). The summed E-state index contributed by atoms with van der Waals surface area (Å²) in [6.45, 7) is -0.00228. The van der Waals surface area contributed by atoms with Crippen LogP contribution >= 0.6 is 0 Å². The molecule has 1 fully saturated rings. The Morgan fingerprint density at radius 1 is 1.44 bits per heavy atom. The first-order chi connectivity index (χ1) is 8.70. The number of aliphatic hydroxyl groups is 2. The smallest absolute Gasteiger partial charge is 0.174 e. The van der Waals surface area contributed by atoms with Crippen LogP contribution in [0, 0.1) is 5.92 Å². The molecule has 3 atom stereocenters. The summed E-state index contributed by atoms with van der Waals surface area (Å²) in [5, 5.41) is 20.8. The summed E-state index contributed by atoms with van der Waals surface area (Å²) in [6, 6.07) is 0.0696. The summed E-state index contributed by atoms with van der Waals surface area (Å²) in [5.74, 6) is 0.977. The van der Waals surface area contributed by atoms with E-state index in [2.05, 4.69) is 20.9 Å². The van der Waals surface area contributed by atoms with Gasteiger partial charge in [-0.3, -0.25) is 10.4 Å². The fourth-order valence-corrected chi connectivity index (χ4v) is 2.61. The number of nitrogens with two attached hydrogens (primary N) is 1. The van der Waals surface area contributed by atoms with Gasteiger partial charge in [-0.1, -0.05) is 0 Å². The molecule has 0 amide bonds. The van der Waals surface area contributed by atoms with Gasteiger partial charge in [0.25, 0.3) is 0 Å². The summed E-state index contributed by atoms with van der Waals surface area (Å²) in [7, 11) is 0. The van der Waals surface area contributed by atoms with Gasteiger partial charge < -0.3 is 15.9 Å². The van der Waals surface area contributed by atoms with Crippen molar-refractivity contribution in [2.24, 2.45) is 5.92 Å². The predicted octanol–water partition coefficient (Wildman–Crippen LogP) is -1.16. The highest BCUT2D eigenvalue weighted by atomic mass is 16.3. The zero-order chi connectivity index (χ0) is 12.7. The first kappa shape index (κ1) is 11.5. The second kappa shape index (κ2) is 4.23. The number of rotatable bonds is 2. The number of anilines is 3. The van der Waals surface area contributed by atoms with Crippen molar-refractivity contribution in [2.45, 2.75) is 25.0 Å². The average molecular weight is 252 g/mol. The maximum atomic E-state index is 9.83. The van der Waals surface area contributed by atoms with Crippen molar-refractivity contribution in [1.82, 2.24) is 15.5 Å². The first-order valence-electron chi connectivity index (χ1n) is 5.91. The number of nitrogens with one attached hydrogen (secondary N) is 2. The third-order valence-corrected chi connectivity index (χ3v) is 3.62. The van der Waals surface area contributed by atoms with E-state index in [-0.39, 0.29) is 18.6 Å². The molecule has 1 aromatic rings. The average Bonchev–Trinajstić information content (AvgIpc) is 2.93. The third kappa shape index (κ3) is 1.65. The molecule has 0 bridgehead atoms. The Hall–Kier alpha value is -1.64. The van der Waals surface area contributed by atoms with Crippen LogP contribution in [-0.4, -0.2) is 38.9 Å². The number of nitrogens with zero attached hydrogens (tertiary/aromatic N) is 3. The number of hydrazine groups is 2. The Balaban J connectivity index is 1.83. The molecule has 3 unspecified atom stereocenters. The number of hydrogen-bond acceptors (Lipinski definition) is 8. The molecule has 1 aliphatic carbocycles. The van der Waals surface area contributed by atoms with Crippen molar-refractivity contribution in [2.75, 3.05) is 22.8 Å². The summed E-state index contributed by atoms with van der Waals surface area (Å²) in [6.07, 6.45) is 2.22. The molecule has 0 saturated heterocycles. The van der Waals surface area contributed by atoms with Crippen molar-refractivity contribution in [3.8, 4) is 0 Å². The standard InChI is InChI=1S/C10H16N6O2/c11-9-8-10(13-4-12-9)16(15-14-8)6-1-5(3-17)7(18)2-6/h4-7,14-15,17-18H,1-3H2,(H2,11,12,13). The molecule has 8 nitrogen and oxygen atoms in total. The van der Waals surface area contributed by atoms with Crippen LogP contribution in [-0.2, 0) is 0 Å². The summed E-state index contributed by atoms with van der Waals surface area (Å²) >= 11 is 0. The summed E-state index contributed by atoms with van der Waals surface area (Å²) < 4.78 is 0. The Labute approximate surface area is 104 Å². The zero-order valence-corrected chi connectivity index (χ0v) is 9.74. The second-order valence-corrected chi connectivity index (χ2v) is 4.70. The molecule has 98 valence electrons. The van der Waals surface area contributed by atoms with E-state index in [1.807, 2.05) is 5.01 Å². The topological polar surface area (TPSA) is 120 Å². The quantitative estimate of drug-likeness (QED) is 0.447. The van der Waals surface area contributed by atoms with Crippen molar-refractivity contribution in [3.63, 3.8) is 0 Å². The van der Waals surface area contributed by atoms with E-state index in [1.54, 1.807) is 0 Å². The summed E-state index contributed by atoms with van der Waals surface area (Å²) in [5.41, 5.74) is 12.3. The van der Waals surface area contributed by atoms with Crippen molar-refractivity contribution < 1.29 is 10.2 Å². The highest BCUT2D eigenvalue weighted by Gasteiger charge is 2.39. The van der Waals surface area contributed by atoms with Crippen LogP contribution in [0.2, 0.25) is 0 Å². The monoisotopic (exact) mass is 252 g/mol. The highest BCUT2D eigenvalue weighted by Crippen LogP contribution is 2.37. The van der Waals surface area contributed by atoms with Crippen LogP contribution in [0.5, 0.6) is 0 Å². The largest absolute Gasteiger partial charge is 0.396 e. The van der Waals surface area contributed by atoms with Gasteiger partial charge in [0, 0.05) is 12.5 Å². The van der Waals surface area contributed by atoms with Crippen LogP contribution in [0.15, 0.2) is 6.33 Å². The van der Waals surface area contributed by atoms with Gasteiger partial charge in [-0.05, 0) is 12.8 Å². The molecule has 1 saturated carbocycles. The molecule has 2 aliphatic rings. The second-order valence-electron chi connectivity index (χ2n) is 4.70. The number of aliphatic hydroxyl groups excluding tert-OH is 2. The van der Waals surface area contributed by atoms with Gasteiger partial charge in [-0.25, -0.2) is 9.97 Å². The number of hydrogen-bond donors (Lipinski definition) is 5. The van der Waals surface area contributed by atoms with Gasteiger partial charge in [0.1, 0.15) is 12.0 Å². The van der Waals surface area contributed by atoms with Crippen LogP contribution in [0.4, 0.5) is 17.3 Å². The molecule has 6 N–H and O–H groups in total. The molecule has 0 aromatic carbocycles. The minimum atomic E-state index is -0.481. The van der Waals surface area contributed by atoms with Crippen molar-refractivity contribution in [1.29, 1.82) is 0 Å². The third-order valence-electron chi connectivity index (χ3n) is 3.62. The maximum absolute atomic E-state index is 9.83. The molecule has 0 radical (unpaired) electrons. The van der Waals surface area contributed by atoms with E-state index >= 15 is 0 Å². The van der Waals surface area contributed by atoms with Gasteiger partial charge in [-0.15, -0.1) is 5.53 Å². The van der Waals surface area contributed by atoms with Crippen LogP contribution in [0.25, 0.3) is 0 Å². The van der Waals surface area contributed by atoms with E-state index in [0.29, 0.717) is 30.2 Å². The van der Waals surface area contributed by atoms with E-state index in [0.717, 1.165) is 0 Å². The SMILES string of the molecule is Nc1ncnc2c1NNN2C1CC(O)C(CO)C1. The Bertz CT molecular complexity index is 456. The number of fused-ring (bicyclic) bond motifs is 1. The highest BCUT2D eigenvalue weighted by molar-refractivity contribution is 5.78. The molecule has 1 aliphatic heterocycles. The Kier molecular flexibility index (Phi) is 2.69. The fraction of sp³-hybridized carbons (Fsp3) is 0.600. The van der Waals surface area contributed by atoms with Gasteiger partial charge in [0.05, 0.1) is 12.1 Å². The maximum Gasteiger partial charge on any atom is 0.174 e. The molecule has 18 heavy (non-hydrogen) atoms. The fourth-order valence-electron chi connectivity index (χ4n) is 2.61. The minimum Gasteiger partial charge on any atom is -0.396 e. The number of nitrogen functional groups attached to an aromatic ring is 1. The molecular formula is C10H16N6O2. The Morgan fingerprint density at radius 2 is 2.28 bits per heavy atom. The van der Waals surface area contributed by atoms with E-state index in [4.69, 9.17) is 5.73 Å². The minimum absolute atomic E-state index is 0.00228. The molecule has 2 heterocycles. The van der Waals surface area contributed by atoms with Gasteiger partial charge >= 0.3 is 0 Å². The van der Waals surface area contributed by atoms with Gasteiger partial charge in [0.15, 0.2) is 11.6 Å². The molecule has 8 heteroatoms. The zero-order valence-electron chi connectivity index (χ0n) is 9.74. The molecule has 0 spiro atoms. The lowest BCUT2D eigenvalue weighted by atomic mass is 10.1. The lowest BCUT2D eigenvalue weighted by molar-refractivity contribution is 0.0907. The molecule has 1 aromatic heterocycles. The summed E-state index contributed by atoms with van der Waals surface area (Å²) in [4.78, 5) is 8.09. The van der Waals surface area contributed by atoms with Crippen LogP contribution < -0.4 is 21.7 Å².